The summed E-state index contributed by atoms with van der Waals surface area (Å²) in [5, 5.41) is 9.24. The van der Waals surface area contributed by atoms with E-state index in [1.807, 2.05) is 12.2 Å². The van der Waals surface area contributed by atoms with Gasteiger partial charge in [-0.2, -0.15) is 0 Å². The van der Waals surface area contributed by atoms with Crippen LogP contribution in [0, 0.1) is 33.3 Å². The Morgan fingerprint density at radius 1 is 1.00 bits per heavy atom. The van der Waals surface area contributed by atoms with Gasteiger partial charge >= 0.3 is 56.5 Å². The minimum absolute atomic E-state index is 0. The maximum atomic E-state index is 9.24. The topological polar surface area (TPSA) is 120 Å². The molecule has 108 valence electrons. The molecule has 0 aromatic rings. The standard InChI is InChI=1S/C5H7BrClOP.5CO.W/c6-4-2-1-3-9(7)5(4)8;5*1-2;/h1-2,4-5,8H,3H2;;;;;;/t4-,5-,9?;;;;;;/m0....../s1. The third kappa shape index (κ3) is 26.8. The van der Waals surface area contributed by atoms with Gasteiger partial charge in [-0.25, -0.2) is 0 Å². The average Bonchev–Trinajstić information content (AvgIpc) is 2.55. The molecule has 0 amide bonds. The van der Waals surface area contributed by atoms with Gasteiger partial charge in [0, 0.05) is 34.5 Å². The Labute approximate surface area is 145 Å². The first-order valence-corrected chi connectivity index (χ1v) is 7.07. The monoisotopic (exact) mass is 552 g/mol. The number of rotatable bonds is 0. The second kappa shape index (κ2) is 42.7. The van der Waals surface area contributed by atoms with Gasteiger partial charge in [0.15, 0.2) is 0 Å². The van der Waals surface area contributed by atoms with Crippen molar-refractivity contribution in [2.45, 2.75) is 10.7 Å². The maximum Gasteiger partial charge on any atom is 0 e. The maximum absolute atomic E-state index is 9.24. The van der Waals surface area contributed by atoms with Gasteiger partial charge in [-0.15, -0.1) is 0 Å². The van der Waals surface area contributed by atoms with E-state index in [1.54, 1.807) is 0 Å². The second-order valence-corrected chi connectivity index (χ2v) is 5.92. The quantitative estimate of drug-likeness (QED) is 0.160. The fraction of sp³-hybridized carbons (Fsp3) is 0.300. The van der Waals surface area contributed by atoms with Crippen LogP contribution in [0.5, 0.6) is 0 Å². The average molecular weight is 553 g/mol. The fourth-order valence-electron chi connectivity index (χ4n) is 0.653. The SMILES string of the molecule is O[C@@H]1[C@@H](Br)C=CCP1Cl.[C-]#[O+].[C-]#[O+].[C-]#[O+].[C-]#[O+].[C-]#[O+].[W]. The Morgan fingerprint density at radius 2 is 1.30 bits per heavy atom. The molecule has 3 atom stereocenters. The van der Waals surface area contributed by atoms with Crippen molar-refractivity contribution in [1.82, 2.24) is 0 Å². The Bertz CT molecular complexity index is 270. The third-order valence-corrected chi connectivity index (χ3v) is 4.86. The van der Waals surface area contributed by atoms with Crippen LogP contribution in [-0.2, 0) is 44.3 Å². The second-order valence-electron chi connectivity index (χ2n) is 1.87. The van der Waals surface area contributed by atoms with E-state index in [0.29, 0.717) is 0 Å². The molecule has 0 aromatic heterocycles. The summed E-state index contributed by atoms with van der Waals surface area (Å²) in [7, 11) is -0.698. The fourth-order valence-corrected chi connectivity index (χ4v) is 3.68. The molecular formula is C10H7BrClO6PW. The first-order valence-electron chi connectivity index (χ1n) is 3.65. The van der Waals surface area contributed by atoms with Crippen molar-refractivity contribution in [1.29, 1.82) is 0 Å². The summed E-state index contributed by atoms with van der Waals surface area (Å²) in [6.07, 6.45) is 4.77. The molecule has 1 N–H and O–H groups in total. The number of halogens is 2. The van der Waals surface area contributed by atoms with E-state index < -0.39 is 7.27 Å². The molecule has 0 aromatic carbocycles. The number of alkyl halides is 1. The van der Waals surface area contributed by atoms with E-state index >= 15 is 0 Å². The Morgan fingerprint density at radius 3 is 1.50 bits per heavy atom. The van der Waals surface area contributed by atoms with Crippen molar-refractivity contribution in [2.75, 3.05) is 6.16 Å². The first-order chi connectivity index (χ1) is 9.22. The van der Waals surface area contributed by atoms with Gasteiger partial charge in [-0.1, -0.05) is 39.3 Å². The van der Waals surface area contributed by atoms with Gasteiger partial charge in [0.2, 0.25) is 0 Å². The summed E-state index contributed by atoms with van der Waals surface area (Å²) in [6.45, 7) is 22.5. The van der Waals surface area contributed by atoms with Crippen LogP contribution in [0.4, 0.5) is 0 Å². The molecule has 0 spiro atoms. The molecule has 1 aliphatic rings. The van der Waals surface area contributed by atoms with E-state index in [4.69, 9.17) is 34.5 Å². The molecule has 1 unspecified atom stereocenters. The molecule has 1 aliphatic heterocycles. The van der Waals surface area contributed by atoms with Crippen molar-refractivity contribution >= 4 is 34.4 Å². The summed E-state index contributed by atoms with van der Waals surface area (Å²) in [4.78, 5) is 0.0647. The molecule has 20 heavy (non-hydrogen) atoms. The van der Waals surface area contributed by atoms with Crippen LogP contribution < -0.4 is 0 Å². The molecule has 6 nitrogen and oxygen atoms in total. The zero-order chi connectivity index (χ0) is 16.9. The van der Waals surface area contributed by atoms with E-state index in [1.165, 1.54) is 0 Å². The minimum Gasteiger partial charge on any atom is 0 e. The number of hydrogen-bond acceptors (Lipinski definition) is 1. The molecule has 0 radical (unpaired) electrons. The van der Waals surface area contributed by atoms with Crippen molar-refractivity contribution in [3.8, 4) is 0 Å². The first kappa shape index (κ1) is 37.0. The molecule has 1 rings (SSSR count). The normalized spacial score (nSPS) is 19.9. The van der Waals surface area contributed by atoms with E-state index in [9.17, 15) is 5.11 Å². The molecular weight excluding hydrogens is 546 g/mol. The van der Waals surface area contributed by atoms with Crippen molar-refractivity contribution in [3.05, 3.63) is 45.4 Å². The number of hydrogen-bond donors (Lipinski definition) is 1. The molecule has 0 bridgehead atoms. The van der Waals surface area contributed by atoms with Gasteiger partial charge in [-0.3, -0.25) is 0 Å². The third-order valence-electron chi connectivity index (χ3n) is 1.17. The molecule has 0 fully saturated rings. The zero-order valence-electron chi connectivity index (χ0n) is 9.62. The molecule has 1 heterocycles. The summed E-state index contributed by atoms with van der Waals surface area (Å²) in [5.41, 5.74) is 0. The molecule has 0 aliphatic carbocycles. The van der Waals surface area contributed by atoms with Crippen LogP contribution in [0.15, 0.2) is 12.2 Å². The van der Waals surface area contributed by atoms with Crippen LogP contribution in [0.1, 0.15) is 0 Å². The van der Waals surface area contributed by atoms with Gasteiger partial charge in [0.05, 0.1) is 4.83 Å². The van der Waals surface area contributed by atoms with Crippen molar-refractivity contribution in [3.63, 3.8) is 0 Å². The van der Waals surface area contributed by atoms with E-state index in [-0.39, 0.29) is 31.7 Å². The summed E-state index contributed by atoms with van der Waals surface area (Å²) < 4.78 is 37.5. The smallest absolute Gasteiger partial charge is 0 e. The van der Waals surface area contributed by atoms with E-state index in [0.717, 1.165) is 6.16 Å². The predicted molar refractivity (Wildman–Crippen MR) is 65.1 cm³/mol. The number of aliphatic hydroxyl groups excluding tert-OH is 1. The molecule has 0 saturated heterocycles. The van der Waals surface area contributed by atoms with Gasteiger partial charge in [0.1, 0.15) is 5.85 Å². The van der Waals surface area contributed by atoms with Crippen LogP contribution in [-0.4, -0.2) is 21.9 Å². The minimum atomic E-state index is -0.698. The predicted octanol–water partition coefficient (Wildman–Crippen LogP) is 2.08. The molecule has 0 saturated carbocycles. The molecule has 10 heteroatoms. The zero-order valence-corrected chi connectivity index (χ0v) is 15.8. The van der Waals surface area contributed by atoms with Crippen LogP contribution in [0.25, 0.3) is 0 Å². The Hall–Kier alpha value is 0.288. The van der Waals surface area contributed by atoms with Crippen LogP contribution >= 0.6 is 34.4 Å². The Balaban J connectivity index is -0.0000000384. The van der Waals surface area contributed by atoms with Gasteiger partial charge < -0.3 is 5.11 Å². The van der Waals surface area contributed by atoms with Crippen molar-refractivity contribution in [2.24, 2.45) is 0 Å². The van der Waals surface area contributed by atoms with E-state index in [2.05, 4.69) is 49.2 Å². The Kier molecular flexibility index (Phi) is 79.0. The van der Waals surface area contributed by atoms with Crippen LogP contribution in [0.2, 0.25) is 0 Å². The summed E-state index contributed by atoms with van der Waals surface area (Å²) >= 11 is 9.08. The van der Waals surface area contributed by atoms with Crippen molar-refractivity contribution < 1.29 is 49.4 Å². The van der Waals surface area contributed by atoms with Crippen LogP contribution in [0.3, 0.4) is 0 Å². The van der Waals surface area contributed by atoms with Gasteiger partial charge in [-0.05, 0) is 0 Å². The largest absolute Gasteiger partial charge is 0 e. The number of allylic oxidation sites excluding steroid dienone is 1. The number of aliphatic hydroxyl groups is 1. The summed E-state index contributed by atoms with van der Waals surface area (Å²) in [6, 6.07) is 0. The summed E-state index contributed by atoms with van der Waals surface area (Å²) in [5.74, 6) is -0.369. The van der Waals surface area contributed by atoms with Gasteiger partial charge in [0.25, 0.3) is 0 Å².